The second-order valence-corrected chi connectivity index (χ2v) is 8.14. The van der Waals surface area contributed by atoms with E-state index in [2.05, 4.69) is 62.1 Å². The first-order valence-electron chi connectivity index (χ1n) is 8.20. The van der Waals surface area contributed by atoms with Gasteiger partial charge in [0.15, 0.2) is 0 Å². The molecule has 4 rings (SSSR count). The van der Waals surface area contributed by atoms with E-state index in [0.29, 0.717) is 5.02 Å². The van der Waals surface area contributed by atoms with Gasteiger partial charge < -0.3 is 11.1 Å². The standard InChI is InChI=1S/C19H19BrClN3.H3N/c1-12-22-11-17(21)18(23-12)15-10-19(5-7-24(2)8-6-19)16-4-3-13(20)9-14(15)16;/h3-4,9-11H,5-8H2,1-2H3;1H3. The number of piperidine rings is 1. The number of fused-ring (bicyclic) bond motifs is 2. The average molecular weight is 422 g/mol. The maximum atomic E-state index is 6.45. The molecule has 3 N–H and O–H groups in total. The van der Waals surface area contributed by atoms with Gasteiger partial charge in [-0.25, -0.2) is 9.97 Å². The summed E-state index contributed by atoms with van der Waals surface area (Å²) >= 11 is 10.1. The van der Waals surface area contributed by atoms with Gasteiger partial charge in [-0.2, -0.15) is 0 Å². The van der Waals surface area contributed by atoms with Gasteiger partial charge in [0, 0.05) is 21.7 Å². The zero-order valence-corrected chi connectivity index (χ0v) is 16.9. The Morgan fingerprint density at radius 3 is 2.68 bits per heavy atom. The van der Waals surface area contributed by atoms with Gasteiger partial charge in [-0.05, 0) is 63.2 Å². The fourth-order valence-electron chi connectivity index (χ4n) is 3.88. The summed E-state index contributed by atoms with van der Waals surface area (Å²) in [7, 11) is 2.19. The molecule has 1 aromatic heterocycles. The first kappa shape index (κ1) is 18.5. The van der Waals surface area contributed by atoms with Crippen LogP contribution in [-0.4, -0.2) is 35.0 Å². The lowest BCUT2D eigenvalue weighted by molar-refractivity contribution is 0.219. The van der Waals surface area contributed by atoms with E-state index in [-0.39, 0.29) is 11.6 Å². The van der Waals surface area contributed by atoms with Crippen LogP contribution in [0.1, 0.15) is 35.5 Å². The number of allylic oxidation sites excluding steroid dienone is 1. The molecule has 2 heterocycles. The molecule has 0 saturated carbocycles. The molecule has 6 heteroatoms. The van der Waals surface area contributed by atoms with E-state index >= 15 is 0 Å². The second kappa shape index (κ2) is 6.80. The Labute approximate surface area is 162 Å². The summed E-state index contributed by atoms with van der Waals surface area (Å²) in [6.45, 7) is 4.12. The van der Waals surface area contributed by atoms with Crippen LogP contribution in [0.2, 0.25) is 5.02 Å². The summed E-state index contributed by atoms with van der Waals surface area (Å²) in [6.07, 6.45) is 6.37. The third kappa shape index (κ3) is 3.14. The minimum Gasteiger partial charge on any atom is -0.344 e. The average Bonchev–Trinajstić information content (AvgIpc) is 2.86. The summed E-state index contributed by atoms with van der Waals surface area (Å²) in [4.78, 5) is 11.3. The molecule has 1 aliphatic carbocycles. The molecular formula is C19H22BrClN4. The predicted octanol–water partition coefficient (Wildman–Crippen LogP) is 4.77. The number of nitrogens with zero attached hydrogens (tertiary/aromatic N) is 3. The molecule has 0 radical (unpaired) electrons. The first-order valence-corrected chi connectivity index (χ1v) is 9.37. The monoisotopic (exact) mass is 420 g/mol. The van der Waals surface area contributed by atoms with Gasteiger partial charge in [-0.15, -0.1) is 0 Å². The van der Waals surface area contributed by atoms with Crippen LogP contribution < -0.4 is 6.15 Å². The molecule has 132 valence electrons. The van der Waals surface area contributed by atoms with Gasteiger partial charge in [0.2, 0.25) is 0 Å². The van der Waals surface area contributed by atoms with Gasteiger partial charge in [0.05, 0.1) is 10.7 Å². The Hall–Kier alpha value is -1.27. The molecule has 0 atom stereocenters. The quantitative estimate of drug-likeness (QED) is 0.720. The highest BCUT2D eigenvalue weighted by Crippen LogP contribution is 2.49. The van der Waals surface area contributed by atoms with Gasteiger partial charge in [0.1, 0.15) is 5.82 Å². The van der Waals surface area contributed by atoms with Crippen molar-refractivity contribution in [3.05, 3.63) is 62.6 Å². The molecule has 1 spiro atoms. The zero-order chi connectivity index (χ0) is 16.9. The smallest absolute Gasteiger partial charge is 0.125 e. The van der Waals surface area contributed by atoms with Crippen molar-refractivity contribution in [2.24, 2.45) is 0 Å². The third-order valence-corrected chi connectivity index (χ3v) is 6.00. The van der Waals surface area contributed by atoms with Crippen molar-refractivity contribution in [1.82, 2.24) is 21.0 Å². The number of halogens is 2. The van der Waals surface area contributed by atoms with Crippen molar-refractivity contribution in [3.8, 4) is 0 Å². The van der Waals surface area contributed by atoms with Crippen LogP contribution in [0.15, 0.2) is 34.9 Å². The fourth-order valence-corrected chi connectivity index (χ4v) is 4.43. The van der Waals surface area contributed by atoms with Gasteiger partial charge in [-0.3, -0.25) is 0 Å². The summed E-state index contributed by atoms with van der Waals surface area (Å²) in [6, 6.07) is 6.60. The van der Waals surface area contributed by atoms with Crippen molar-refractivity contribution in [3.63, 3.8) is 0 Å². The van der Waals surface area contributed by atoms with Crippen LogP contribution in [-0.2, 0) is 5.41 Å². The molecule has 0 unspecified atom stereocenters. The van der Waals surface area contributed by atoms with Crippen molar-refractivity contribution >= 4 is 33.1 Å². The highest BCUT2D eigenvalue weighted by molar-refractivity contribution is 9.10. The summed E-state index contributed by atoms with van der Waals surface area (Å²) < 4.78 is 1.08. The minimum absolute atomic E-state index is 0. The molecule has 0 amide bonds. The number of aryl methyl sites for hydroxylation is 1. The zero-order valence-electron chi connectivity index (χ0n) is 14.5. The number of hydrogen-bond acceptors (Lipinski definition) is 4. The van der Waals surface area contributed by atoms with E-state index in [9.17, 15) is 0 Å². The van der Waals surface area contributed by atoms with Crippen LogP contribution in [0.5, 0.6) is 0 Å². The van der Waals surface area contributed by atoms with Gasteiger partial charge in [0.25, 0.3) is 0 Å². The van der Waals surface area contributed by atoms with Crippen LogP contribution >= 0.6 is 27.5 Å². The van der Waals surface area contributed by atoms with Crippen LogP contribution in [0.4, 0.5) is 0 Å². The summed E-state index contributed by atoms with van der Waals surface area (Å²) in [5, 5.41) is 0.614. The molecule has 1 aromatic carbocycles. The molecule has 1 aliphatic heterocycles. The Kier molecular flexibility index (Phi) is 5.04. The maximum absolute atomic E-state index is 6.45. The third-order valence-electron chi connectivity index (χ3n) is 5.23. The second-order valence-electron chi connectivity index (χ2n) is 6.82. The SMILES string of the molecule is Cc1ncc(Cl)c(C2=CC3(CCN(C)CC3)c3ccc(Br)cc32)n1.N. The Morgan fingerprint density at radius 1 is 1.24 bits per heavy atom. The first-order chi connectivity index (χ1) is 11.5. The van der Waals surface area contributed by atoms with Crippen molar-refractivity contribution in [1.29, 1.82) is 0 Å². The lowest BCUT2D eigenvalue weighted by atomic mass is 9.75. The topological polar surface area (TPSA) is 64.0 Å². The summed E-state index contributed by atoms with van der Waals surface area (Å²) in [5.74, 6) is 0.746. The molecule has 4 nitrogen and oxygen atoms in total. The van der Waals surface area contributed by atoms with Gasteiger partial charge >= 0.3 is 0 Å². The largest absolute Gasteiger partial charge is 0.344 e. The molecule has 0 bridgehead atoms. The van der Waals surface area contributed by atoms with E-state index in [1.807, 2.05) is 6.92 Å². The van der Waals surface area contributed by atoms with Crippen LogP contribution in [0.25, 0.3) is 5.57 Å². The number of hydrogen-bond donors (Lipinski definition) is 1. The van der Waals surface area contributed by atoms with Crippen molar-refractivity contribution in [2.45, 2.75) is 25.2 Å². The molecular weight excluding hydrogens is 400 g/mol. The van der Waals surface area contributed by atoms with E-state index in [1.165, 1.54) is 11.1 Å². The minimum atomic E-state index is 0. The normalized spacial score (nSPS) is 18.6. The molecule has 1 saturated heterocycles. The van der Waals surface area contributed by atoms with Crippen LogP contribution in [0.3, 0.4) is 0 Å². The number of rotatable bonds is 1. The maximum Gasteiger partial charge on any atom is 0.125 e. The Bertz CT molecular complexity index is 841. The predicted molar refractivity (Wildman–Crippen MR) is 106 cm³/mol. The van der Waals surface area contributed by atoms with E-state index in [1.54, 1.807) is 6.20 Å². The number of benzene rings is 1. The highest BCUT2D eigenvalue weighted by atomic mass is 79.9. The molecule has 1 fully saturated rings. The van der Waals surface area contributed by atoms with E-state index in [0.717, 1.165) is 47.5 Å². The molecule has 2 aromatic rings. The van der Waals surface area contributed by atoms with E-state index in [4.69, 9.17) is 11.6 Å². The lowest BCUT2D eigenvalue weighted by Crippen LogP contribution is -2.38. The van der Waals surface area contributed by atoms with Crippen LogP contribution in [0, 0.1) is 6.92 Å². The highest BCUT2D eigenvalue weighted by Gasteiger charge is 2.41. The lowest BCUT2D eigenvalue weighted by Gasteiger charge is -2.37. The Balaban J connectivity index is 0.00000182. The van der Waals surface area contributed by atoms with Crippen molar-refractivity contribution in [2.75, 3.05) is 20.1 Å². The fraction of sp³-hybridized carbons (Fsp3) is 0.368. The number of aromatic nitrogens is 2. The summed E-state index contributed by atoms with van der Waals surface area (Å²) in [5.41, 5.74) is 4.74. The van der Waals surface area contributed by atoms with Gasteiger partial charge in [-0.1, -0.05) is 39.7 Å². The number of likely N-dealkylation sites (tertiary alicyclic amines) is 1. The molecule has 25 heavy (non-hydrogen) atoms. The van der Waals surface area contributed by atoms with Crippen molar-refractivity contribution < 1.29 is 0 Å². The molecule has 2 aliphatic rings. The van der Waals surface area contributed by atoms with E-state index < -0.39 is 0 Å². The Morgan fingerprint density at radius 2 is 1.96 bits per heavy atom.